The zero-order valence-electron chi connectivity index (χ0n) is 8.47. The number of fused-ring (bicyclic) bond motifs is 1. The number of rotatable bonds is 0. The molecule has 0 radical (unpaired) electrons. The molecule has 1 N–H and O–H groups in total. The fourth-order valence-electron chi connectivity index (χ4n) is 1.95. The summed E-state index contributed by atoms with van der Waals surface area (Å²) in [6.07, 6.45) is 0. The predicted octanol–water partition coefficient (Wildman–Crippen LogP) is 1.09. The van der Waals surface area contributed by atoms with Crippen LogP contribution in [-0.4, -0.2) is 12.1 Å². The van der Waals surface area contributed by atoms with E-state index in [4.69, 9.17) is 4.65 Å². The summed E-state index contributed by atoms with van der Waals surface area (Å²) in [5.74, 6) is -0.302. The molecule has 4 heteroatoms. The first kappa shape index (κ1) is 9.68. The average Bonchev–Trinajstić information content (AvgIpc) is 2.29. The van der Waals surface area contributed by atoms with E-state index >= 15 is 0 Å². The largest absolute Gasteiger partial charge is 0.492 e. The molecule has 1 aliphatic rings. The van der Waals surface area contributed by atoms with E-state index < -0.39 is 12.7 Å². The van der Waals surface area contributed by atoms with Crippen molar-refractivity contribution in [3.8, 4) is 0 Å². The SMILES string of the molecule is Cc1c(F)ccc2c1B(O)OC2(C)C. The van der Waals surface area contributed by atoms with Gasteiger partial charge in [-0.3, -0.25) is 0 Å². The van der Waals surface area contributed by atoms with Gasteiger partial charge < -0.3 is 9.68 Å². The normalized spacial score (nSPS) is 18.5. The number of halogens is 1. The zero-order chi connectivity index (χ0) is 10.5. The van der Waals surface area contributed by atoms with Crippen LogP contribution in [0.4, 0.5) is 4.39 Å². The van der Waals surface area contributed by atoms with Gasteiger partial charge in [0.2, 0.25) is 0 Å². The quantitative estimate of drug-likeness (QED) is 0.626. The molecular weight excluding hydrogens is 182 g/mol. The summed E-state index contributed by atoms with van der Waals surface area (Å²) in [6, 6.07) is 3.09. The summed E-state index contributed by atoms with van der Waals surface area (Å²) >= 11 is 0. The van der Waals surface area contributed by atoms with Crippen LogP contribution in [0.3, 0.4) is 0 Å². The Hall–Kier alpha value is -0.865. The van der Waals surface area contributed by atoms with E-state index in [9.17, 15) is 9.41 Å². The molecule has 1 aromatic rings. The Morgan fingerprint density at radius 3 is 2.71 bits per heavy atom. The van der Waals surface area contributed by atoms with Crippen LogP contribution in [0.25, 0.3) is 0 Å². The number of benzene rings is 1. The van der Waals surface area contributed by atoms with Crippen molar-refractivity contribution < 1.29 is 14.1 Å². The van der Waals surface area contributed by atoms with Crippen molar-refractivity contribution in [2.24, 2.45) is 0 Å². The van der Waals surface area contributed by atoms with Gasteiger partial charge in [-0.1, -0.05) is 6.07 Å². The molecule has 0 saturated carbocycles. The lowest BCUT2D eigenvalue weighted by Gasteiger charge is -2.19. The minimum Gasteiger partial charge on any atom is -0.423 e. The first-order chi connectivity index (χ1) is 6.43. The van der Waals surface area contributed by atoms with Crippen LogP contribution in [-0.2, 0) is 10.3 Å². The standard InChI is InChI=1S/C10H12BFO2/c1-6-8(12)5-4-7-9(6)11(13)14-10(7,2)3/h4-5,13H,1-3H3. The molecule has 1 aromatic carbocycles. The fraction of sp³-hybridized carbons (Fsp3) is 0.400. The van der Waals surface area contributed by atoms with Crippen molar-refractivity contribution in [3.63, 3.8) is 0 Å². The Balaban J connectivity index is 2.69. The van der Waals surface area contributed by atoms with Crippen molar-refractivity contribution in [1.29, 1.82) is 0 Å². The van der Waals surface area contributed by atoms with Crippen molar-refractivity contribution in [2.75, 3.05) is 0 Å². The van der Waals surface area contributed by atoms with Crippen LogP contribution < -0.4 is 5.46 Å². The molecule has 2 nitrogen and oxygen atoms in total. The van der Waals surface area contributed by atoms with Gasteiger partial charge in [0.05, 0.1) is 5.60 Å². The van der Waals surface area contributed by atoms with Gasteiger partial charge in [-0.05, 0) is 43.4 Å². The van der Waals surface area contributed by atoms with Gasteiger partial charge >= 0.3 is 7.12 Å². The van der Waals surface area contributed by atoms with Gasteiger partial charge in [-0.25, -0.2) is 4.39 Å². The van der Waals surface area contributed by atoms with Crippen LogP contribution in [0.5, 0.6) is 0 Å². The molecule has 0 spiro atoms. The Kier molecular flexibility index (Phi) is 1.94. The van der Waals surface area contributed by atoms with Crippen molar-refractivity contribution in [2.45, 2.75) is 26.4 Å². The minimum atomic E-state index is -1.00. The van der Waals surface area contributed by atoms with Gasteiger partial charge in [-0.2, -0.15) is 0 Å². The zero-order valence-corrected chi connectivity index (χ0v) is 8.47. The van der Waals surface area contributed by atoms with E-state index in [1.54, 1.807) is 13.0 Å². The van der Waals surface area contributed by atoms with E-state index in [-0.39, 0.29) is 5.82 Å². The highest BCUT2D eigenvalue weighted by molar-refractivity contribution is 6.62. The Morgan fingerprint density at radius 1 is 1.43 bits per heavy atom. The topological polar surface area (TPSA) is 29.5 Å². The Bertz CT molecular complexity index is 390. The Labute approximate surface area is 82.9 Å². The number of hydrogen-bond acceptors (Lipinski definition) is 2. The van der Waals surface area contributed by atoms with E-state index in [1.165, 1.54) is 6.07 Å². The third kappa shape index (κ3) is 1.18. The molecule has 0 aliphatic carbocycles. The van der Waals surface area contributed by atoms with Crippen LogP contribution in [0.1, 0.15) is 25.0 Å². The van der Waals surface area contributed by atoms with Gasteiger partial charge in [0, 0.05) is 0 Å². The molecule has 0 unspecified atom stereocenters. The molecule has 2 rings (SSSR count). The van der Waals surface area contributed by atoms with Crippen molar-refractivity contribution in [1.82, 2.24) is 0 Å². The maximum atomic E-state index is 13.2. The van der Waals surface area contributed by atoms with Gasteiger partial charge in [0.15, 0.2) is 0 Å². The van der Waals surface area contributed by atoms with Gasteiger partial charge in [-0.15, -0.1) is 0 Å². The molecule has 14 heavy (non-hydrogen) atoms. The second kappa shape index (κ2) is 2.81. The molecule has 0 atom stereocenters. The summed E-state index contributed by atoms with van der Waals surface area (Å²) in [6.45, 7) is 5.38. The fourth-order valence-corrected chi connectivity index (χ4v) is 1.95. The van der Waals surface area contributed by atoms with Crippen molar-refractivity contribution in [3.05, 3.63) is 29.1 Å². The summed E-state index contributed by atoms with van der Waals surface area (Å²) in [7, 11) is -1.00. The summed E-state index contributed by atoms with van der Waals surface area (Å²) in [5, 5.41) is 9.63. The molecule has 0 saturated heterocycles. The van der Waals surface area contributed by atoms with Crippen LogP contribution in [0.15, 0.2) is 12.1 Å². The van der Waals surface area contributed by atoms with Crippen molar-refractivity contribution >= 4 is 12.6 Å². The van der Waals surface area contributed by atoms with E-state index in [0.29, 0.717) is 11.0 Å². The molecule has 0 amide bonds. The highest BCUT2D eigenvalue weighted by atomic mass is 19.1. The van der Waals surface area contributed by atoms with Gasteiger partial charge in [0.1, 0.15) is 5.82 Å². The average molecular weight is 194 g/mol. The molecule has 1 heterocycles. The van der Waals surface area contributed by atoms with Crippen LogP contribution >= 0.6 is 0 Å². The lowest BCUT2D eigenvalue weighted by Crippen LogP contribution is -2.31. The number of hydrogen-bond donors (Lipinski definition) is 1. The van der Waals surface area contributed by atoms with Crippen LogP contribution in [0.2, 0.25) is 0 Å². The smallest absolute Gasteiger partial charge is 0.423 e. The maximum Gasteiger partial charge on any atom is 0.492 e. The summed E-state index contributed by atoms with van der Waals surface area (Å²) in [4.78, 5) is 0. The first-order valence-electron chi connectivity index (χ1n) is 4.59. The lowest BCUT2D eigenvalue weighted by atomic mass is 9.75. The molecule has 1 aliphatic heterocycles. The maximum absolute atomic E-state index is 13.2. The second-order valence-electron chi connectivity index (χ2n) is 4.11. The third-order valence-electron chi connectivity index (χ3n) is 2.75. The summed E-state index contributed by atoms with van der Waals surface area (Å²) < 4.78 is 18.6. The molecule has 0 fully saturated rings. The monoisotopic (exact) mass is 194 g/mol. The lowest BCUT2D eigenvalue weighted by molar-refractivity contribution is 0.101. The second-order valence-corrected chi connectivity index (χ2v) is 4.11. The van der Waals surface area contributed by atoms with E-state index in [0.717, 1.165) is 5.56 Å². The van der Waals surface area contributed by atoms with Crippen LogP contribution in [0, 0.1) is 12.7 Å². The highest BCUT2D eigenvalue weighted by Crippen LogP contribution is 2.30. The summed E-state index contributed by atoms with van der Waals surface area (Å²) in [5.41, 5.74) is 1.38. The van der Waals surface area contributed by atoms with E-state index in [1.807, 2.05) is 13.8 Å². The first-order valence-corrected chi connectivity index (χ1v) is 4.59. The predicted molar refractivity (Wildman–Crippen MR) is 52.9 cm³/mol. The third-order valence-corrected chi connectivity index (χ3v) is 2.75. The molecule has 74 valence electrons. The molecule has 0 aromatic heterocycles. The van der Waals surface area contributed by atoms with Gasteiger partial charge in [0.25, 0.3) is 0 Å². The molecular formula is C10H12BFO2. The minimum absolute atomic E-state index is 0.302. The molecule has 0 bridgehead atoms. The van der Waals surface area contributed by atoms with E-state index in [2.05, 4.69) is 0 Å². The Morgan fingerprint density at radius 2 is 2.07 bits per heavy atom. The highest BCUT2D eigenvalue weighted by Gasteiger charge is 2.42.